The van der Waals surface area contributed by atoms with Crippen LogP contribution in [0, 0.1) is 0 Å². The molecule has 0 aliphatic rings. The Morgan fingerprint density at radius 2 is 1.88 bits per heavy atom. The second kappa shape index (κ2) is 5.22. The first kappa shape index (κ1) is 13.6. The third kappa shape index (κ3) is 3.24. The Labute approximate surface area is 107 Å². The summed E-state index contributed by atoms with van der Waals surface area (Å²) in [5, 5.41) is 10.0. The van der Waals surface area contributed by atoms with Crippen molar-refractivity contribution in [1.82, 2.24) is 0 Å². The lowest BCUT2D eigenvalue weighted by molar-refractivity contribution is 0.445. The minimum Gasteiger partial charge on any atom is -0.508 e. The molecule has 1 rings (SSSR count). The summed E-state index contributed by atoms with van der Waals surface area (Å²) in [6.45, 7) is 8.51. The Balaban J connectivity index is 3.07. The van der Waals surface area contributed by atoms with E-state index in [0.717, 1.165) is 22.9 Å². The fraction of sp³-hybridized carbons (Fsp3) is 0.571. The van der Waals surface area contributed by atoms with E-state index in [2.05, 4.69) is 49.7 Å². The van der Waals surface area contributed by atoms with Crippen LogP contribution in [0.25, 0.3) is 0 Å². The van der Waals surface area contributed by atoms with Crippen LogP contribution < -0.4 is 0 Å². The van der Waals surface area contributed by atoms with Crippen molar-refractivity contribution in [3.63, 3.8) is 0 Å². The maximum Gasteiger partial charge on any atom is 0.119 e. The smallest absolute Gasteiger partial charge is 0.119 e. The van der Waals surface area contributed by atoms with Crippen molar-refractivity contribution >= 4 is 15.9 Å². The van der Waals surface area contributed by atoms with Gasteiger partial charge in [0.2, 0.25) is 0 Å². The molecule has 0 atom stereocenters. The van der Waals surface area contributed by atoms with Crippen molar-refractivity contribution in [2.45, 2.75) is 52.4 Å². The van der Waals surface area contributed by atoms with Crippen molar-refractivity contribution < 1.29 is 5.11 Å². The number of phenolic OH excluding ortho intramolecular Hbond substituents is 1. The fourth-order valence-corrected chi connectivity index (χ4v) is 2.31. The number of hydrogen-bond donors (Lipinski definition) is 1. The third-order valence-corrected chi connectivity index (χ3v) is 3.51. The summed E-state index contributed by atoms with van der Waals surface area (Å²) in [6.07, 6.45) is 3.36. The molecule has 0 amide bonds. The predicted octanol–water partition coefficient (Wildman–Crippen LogP) is 4.79. The summed E-state index contributed by atoms with van der Waals surface area (Å²) < 4.78 is 1.11. The van der Waals surface area contributed by atoms with Crippen molar-refractivity contribution in [2.24, 2.45) is 0 Å². The Morgan fingerprint density at radius 3 is 2.38 bits per heavy atom. The number of phenols is 1. The van der Waals surface area contributed by atoms with Gasteiger partial charge in [-0.1, -0.05) is 50.0 Å². The number of rotatable bonds is 3. The lowest BCUT2D eigenvalue weighted by Gasteiger charge is -2.21. The SMILES string of the molecule is CCCCc1cc(O)c(C(C)(C)C)cc1Br. The molecule has 0 aromatic heterocycles. The van der Waals surface area contributed by atoms with Gasteiger partial charge < -0.3 is 5.11 Å². The van der Waals surface area contributed by atoms with E-state index in [9.17, 15) is 5.11 Å². The summed E-state index contributed by atoms with van der Waals surface area (Å²) >= 11 is 3.59. The van der Waals surface area contributed by atoms with Gasteiger partial charge in [0.05, 0.1) is 0 Å². The first-order chi connectivity index (χ1) is 7.36. The molecule has 1 N–H and O–H groups in total. The molecule has 0 spiro atoms. The monoisotopic (exact) mass is 284 g/mol. The lowest BCUT2D eigenvalue weighted by Crippen LogP contribution is -2.11. The van der Waals surface area contributed by atoms with E-state index < -0.39 is 0 Å². The standard InChI is InChI=1S/C14H21BrO/c1-5-6-7-10-8-13(16)11(9-12(10)15)14(2,3)4/h8-9,16H,5-7H2,1-4H3. The Bertz CT molecular complexity index is 364. The molecule has 90 valence electrons. The highest BCUT2D eigenvalue weighted by molar-refractivity contribution is 9.10. The molecule has 1 aromatic rings. The molecular formula is C14H21BrO. The summed E-state index contributed by atoms with van der Waals surface area (Å²) in [7, 11) is 0. The minimum atomic E-state index is -0.0180. The van der Waals surface area contributed by atoms with Crippen LogP contribution in [0.2, 0.25) is 0 Å². The maximum absolute atomic E-state index is 10.0. The van der Waals surface area contributed by atoms with Crippen LogP contribution in [0.1, 0.15) is 51.7 Å². The predicted molar refractivity (Wildman–Crippen MR) is 73.1 cm³/mol. The fourth-order valence-electron chi connectivity index (χ4n) is 1.76. The van der Waals surface area contributed by atoms with E-state index in [4.69, 9.17) is 0 Å². The third-order valence-electron chi connectivity index (χ3n) is 2.77. The highest BCUT2D eigenvalue weighted by Gasteiger charge is 2.19. The molecule has 0 radical (unpaired) electrons. The summed E-state index contributed by atoms with van der Waals surface area (Å²) in [5.74, 6) is 0.418. The van der Waals surface area contributed by atoms with Crippen molar-refractivity contribution in [2.75, 3.05) is 0 Å². The first-order valence-corrected chi connectivity index (χ1v) is 6.67. The van der Waals surface area contributed by atoms with Gasteiger partial charge in [-0.2, -0.15) is 0 Å². The molecule has 2 heteroatoms. The Morgan fingerprint density at radius 1 is 1.25 bits per heavy atom. The van der Waals surface area contributed by atoms with Crippen LogP contribution >= 0.6 is 15.9 Å². The zero-order chi connectivity index (χ0) is 12.3. The molecule has 1 aromatic carbocycles. The van der Waals surface area contributed by atoms with Gasteiger partial charge in [-0.3, -0.25) is 0 Å². The quantitative estimate of drug-likeness (QED) is 0.846. The minimum absolute atomic E-state index is 0.0180. The van der Waals surface area contributed by atoms with Crippen LogP contribution in [0.4, 0.5) is 0 Å². The highest BCUT2D eigenvalue weighted by atomic mass is 79.9. The van der Waals surface area contributed by atoms with Gasteiger partial charge >= 0.3 is 0 Å². The second-order valence-corrected chi connectivity index (χ2v) is 6.17. The van der Waals surface area contributed by atoms with Crippen LogP contribution in [-0.2, 0) is 11.8 Å². The Hall–Kier alpha value is -0.500. The van der Waals surface area contributed by atoms with E-state index in [-0.39, 0.29) is 5.41 Å². The molecule has 16 heavy (non-hydrogen) atoms. The van der Waals surface area contributed by atoms with Gasteiger partial charge in [0.25, 0.3) is 0 Å². The molecule has 0 aliphatic carbocycles. The van der Waals surface area contributed by atoms with Gasteiger partial charge in [-0.05, 0) is 36.0 Å². The number of halogens is 1. The largest absolute Gasteiger partial charge is 0.508 e. The number of aromatic hydroxyl groups is 1. The summed E-state index contributed by atoms with van der Waals surface area (Å²) in [4.78, 5) is 0. The van der Waals surface area contributed by atoms with E-state index in [0.29, 0.717) is 5.75 Å². The molecule has 0 bridgehead atoms. The topological polar surface area (TPSA) is 20.2 Å². The zero-order valence-corrected chi connectivity index (χ0v) is 12.2. The lowest BCUT2D eigenvalue weighted by atomic mass is 9.85. The van der Waals surface area contributed by atoms with Crippen molar-refractivity contribution in [3.05, 3.63) is 27.7 Å². The molecule has 0 aliphatic heterocycles. The van der Waals surface area contributed by atoms with Gasteiger partial charge in [0.15, 0.2) is 0 Å². The number of hydrogen-bond acceptors (Lipinski definition) is 1. The molecule has 0 fully saturated rings. The van der Waals surface area contributed by atoms with Gasteiger partial charge in [-0.25, -0.2) is 0 Å². The number of benzene rings is 1. The molecule has 0 unspecified atom stereocenters. The normalized spacial score (nSPS) is 11.8. The molecular weight excluding hydrogens is 264 g/mol. The van der Waals surface area contributed by atoms with E-state index in [1.165, 1.54) is 12.0 Å². The Kier molecular flexibility index (Phi) is 4.43. The maximum atomic E-state index is 10.0. The first-order valence-electron chi connectivity index (χ1n) is 5.88. The zero-order valence-electron chi connectivity index (χ0n) is 10.6. The van der Waals surface area contributed by atoms with E-state index in [1.54, 1.807) is 0 Å². The summed E-state index contributed by atoms with van der Waals surface area (Å²) in [5.41, 5.74) is 2.18. The van der Waals surface area contributed by atoms with E-state index in [1.807, 2.05) is 6.07 Å². The molecule has 1 nitrogen and oxygen atoms in total. The highest BCUT2D eigenvalue weighted by Crippen LogP contribution is 2.35. The van der Waals surface area contributed by atoms with Crippen LogP contribution in [0.3, 0.4) is 0 Å². The second-order valence-electron chi connectivity index (χ2n) is 5.31. The van der Waals surface area contributed by atoms with Gasteiger partial charge in [0, 0.05) is 10.0 Å². The molecule has 0 heterocycles. The van der Waals surface area contributed by atoms with Crippen molar-refractivity contribution in [1.29, 1.82) is 0 Å². The van der Waals surface area contributed by atoms with Crippen LogP contribution in [0.5, 0.6) is 5.75 Å². The van der Waals surface area contributed by atoms with Gasteiger partial charge in [0.1, 0.15) is 5.75 Å². The molecule has 0 saturated carbocycles. The van der Waals surface area contributed by atoms with Crippen LogP contribution in [0.15, 0.2) is 16.6 Å². The average molecular weight is 285 g/mol. The van der Waals surface area contributed by atoms with Crippen molar-refractivity contribution in [3.8, 4) is 5.75 Å². The molecule has 0 saturated heterocycles. The average Bonchev–Trinajstić information content (AvgIpc) is 2.17. The summed E-state index contributed by atoms with van der Waals surface area (Å²) in [6, 6.07) is 3.96. The van der Waals surface area contributed by atoms with Gasteiger partial charge in [-0.15, -0.1) is 0 Å². The van der Waals surface area contributed by atoms with E-state index >= 15 is 0 Å². The number of unbranched alkanes of at least 4 members (excludes halogenated alkanes) is 1. The number of aryl methyl sites for hydroxylation is 1. The van der Waals surface area contributed by atoms with Crippen LogP contribution in [-0.4, -0.2) is 5.11 Å².